The van der Waals surface area contributed by atoms with E-state index in [0.29, 0.717) is 22.3 Å². The maximum absolute atomic E-state index is 12.5. The lowest BCUT2D eigenvalue weighted by atomic mass is 9.84. The number of aryl methyl sites for hydroxylation is 1. The highest BCUT2D eigenvalue weighted by Crippen LogP contribution is 2.47. The van der Waals surface area contributed by atoms with Crippen molar-refractivity contribution in [2.75, 3.05) is 6.61 Å². The highest BCUT2D eigenvalue weighted by Gasteiger charge is 2.50. The predicted molar refractivity (Wildman–Crippen MR) is 71.7 cm³/mol. The van der Waals surface area contributed by atoms with Crippen LogP contribution in [0, 0.1) is 19.3 Å². The van der Waals surface area contributed by atoms with E-state index in [0.717, 1.165) is 5.56 Å². The van der Waals surface area contributed by atoms with E-state index < -0.39 is 24.1 Å². The molecule has 20 heavy (non-hydrogen) atoms. The first-order valence-electron chi connectivity index (χ1n) is 6.42. The van der Waals surface area contributed by atoms with E-state index in [1.807, 2.05) is 0 Å². The van der Waals surface area contributed by atoms with Crippen LogP contribution in [0.3, 0.4) is 0 Å². The number of benzene rings is 1. The maximum atomic E-state index is 12.5. The van der Waals surface area contributed by atoms with Crippen LogP contribution in [-0.2, 0) is 11.2 Å². The molecule has 2 atom stereocenters. The zero-order chi connectivity index (χ0) is 15.2. The van der Waals surface area contributed by atoms with Gasteiger partial charge in [0, 0.05) is 5.56 Å². The third-order valence-corrected chi connectivity index (χ3v) is 4.26. The van der Waals surface area contributed by atoms with Crippen molar-refractivity contribution in [3.63, 3.8) is 0 Å². The van der Waals surface area contributed by atoms with Crippen LogP contribution >= 0.6 is 0 Å². The minimum atomic E-state index is -1.25. The number of aliphatic hydroxyl groups is 2. The molecule has 0 amide bonds. The first kappa shape index (κ1) is 14.7. The van der Waals surface area contributed by atoms with Crippen molar-refractivity contribution < 1.29 is 24.9 Å². The lowest BCUT2D eigenvalue weighted by molar-refractivity contribution is -0.136. The first-order valence-corrected chi connectivity index (χ1v) is 6.42. The Morgan fingerprint density at radius 1 is 1.40 bits per heavy atom. The zero-order valence-electron chi connectivity index (χ0n) is 11.7. The van der Waals surface area contributed by atoms with Gasteiger partial charge in [0.15, 0.2) is 5.78 Å². The molecule has 2 rings (SSSR count). The van der Waals surface area contributed by atoms with Gasteiger partial charge in [0.2, 0.25) is 0 Å². The van der Waals surface area contributed by atoms with Gasteiger partial charge >= 0.3 is 5.97 Å². The van der Waals surface area contributed by atoms with Gasteiger partial charge in [0.1, 0.15) is 0 Å². The van der Waals surface area contributed by atoms with Gasteiger partial charge in [-0.25, -0.2) is 0 Å². The molecular weight excluding hydrogens is 260 g/mol. The molecule has 0 heterocycles. The van der Waals surface area contributed by atoms with Crippen LogP contribution in [0.5, 0.6) is 0 Å². The molecule has 0 aromatic heterocycles. The fourth-order valence-corrected chi connectivity index (χ4v) is 2.91. The van der Waals surface area contributed by atoms with Gasteiger partial charge in [-0.15, -0.1) is 0 Å². The standard InChI is InChI=1S/C15H18O5/c1-7-4-10-12(8(2)9(7)5-11(17)18)14(20)15(3,6-16)13(10)19/h4,13,16,19H,5-6H2,1-3H3,(H,17,18)/t13-,15-/m1/s1. The molecule has 3 N–H and O–H groups in total. The summed E-state index contributed by atoms with van der Waals surface area (Å²) in [5, 5.41) is 28.7. The molecule has 1 aromatic carbocycles. The van der Waals surface area contributed by atoms with Crippen molar-refractivity contribution in [3.05, 3.63) is 33.9 Å². The summed E-state index contributed by atoms with van der Waals surface area (Å²) >= 11 is 0. The third kappa shape index (κ3) is 1.85. The minimum Gasteiger partial charge on any atom is -0.481 e. The molecule has 108 valence electrons. The van der Waals surface area contributed by atoms with Crippen molar-refractivity contribution in [1.29, 1.82) is 0 Å². The van der Waals surface area contributed by atoms with Crippen LogP contribution in [0.4, 0.5) is 0 Å². The zero-order valence-corrected chi connectivity index (χ0v) is 11.7. The van der Waals surface area contributed by atoms with Crippen molar-refractivity contribution >= 4 is 11.8 Å². The van der Waals surface area contributed by atoms with Crippen LogP contribution in [-0.4, -0.2) is 33.7 Å². The average Bonchev–Trinajstić information content (AvgIpc) is 2.57. The molecule has 0 bridgehead atoms. The highest BCUT2D eigenvalue weighted by atomic mass is 16.4. The van der Waals surface area contributed by atoms with Crippen LogP contribution in [0.25, 0.3) is 0 Å². The SMILES string of the molecule is Cc1cc2c(c(C)c1CC(=O)O)C(=O)[C@](C)(CO)[C@@H]2O. The van der Waals surface area contributed by atoms with E-state index in [-0.39, 0.29) is 12.2 Å². The second kappa shape index (κ2) is 4.68. The Kier molecular flexibility index (Phi) is 3.44. The number of hydrogen-bond donors (Lipinski definition) is 3. The Labute approximate surface area is 116 Å². The van der Waals surface area contributed by atoms with Gasteiger partial charge in [-0.1, -0.05) is 6.07 Å². The van der Waals surface area contributed by atoms with Gasteiger partial charge in [-0.3, -0.25) is 9.59 Å². The molecule has 0 unspecified atom stereocenters. The van der Waals surface area contributed by atoms with Gasteiger partial charge in [0.25, 0.3) is 0 Å². The van der Waals surface area contributed by atoms with Crippen LogP contribution in [0.1, 0.15) is 45.6 Å². The van der Waals surface area contributed by atoms with Crippen molar-refractivity contribution in [3.8, 4) is 0 Å². The number of fused-ring (bicyclic) bond motifs is 1. The van der Waals surface area contributed by atoms with Crippen LogP contribution in [0.2, 0.25) is 0 Å². The number of carboxylic acids is 1. The lowest BCUT2D eigenvalue weighted by Gasteiger charge is -2.23. The van der Waals surface area contributed by atoms with Crippen molar-refractivity contribution in [2.45, 2.75) is 33.3 Å². The average molecular weight is 278 g/mol. The summed E-state index contributed by atoms with van der Waals surface area (Å²) in [7, 11) is 0. The van der Waals surface area contributed by atoms with Crippen LogP contribution in [0.15, 0.2) is 6.07 Å². The number of carbonyl (C=O) groups is 2. The summed E-state index contributed by atoms with van der Waals surface area (Å²) in [6.07, 6.45) is -1.23. The van der Waals surface area contributed by atoms with E-state index in [1.54, 1.807) is 19.9 Å². The molecule has 0 radical (unpaired) electrons. The highest BCUT2D eigenvalue weighted by molar-refractivity contribution is 6.07. The number of aliphatic hydroxyl groups excluding tert-OH is 2. The largest absolute Gasteiger partial charge is 0.481 e. The van der Waals surface area contributed by atoms with Gasteiger partial charge in [-0.2, -0.15) is 0 Å². The normalized spacial score (nSPS) is 24.9. The molecule has 1 aliphatic carbocycles. The molecule has 0 fully saturated rings. The Morgan fingerprint density at radius 2 is 2.00 bits per heavy atom. The molecule has 5 heteroatoms. The molecule has 0 saturated carbocycles. The summed E-state index contributed by atoms with van der Waals surface area (Å²) in [5.41, 5.74) is 1.51. The number of aliphatic carboxylic acids is 1. The quantitative estimate of drug-likeness (QED) is 0.771. The van der Waals surface area contributed by atoms with E-state index in [1.165, 1.54) is 6.92 Å². The minimum absolute atomic E-state index is 0.163. The fourth-order valence-electron chi connectivity index (χ4n) is 2.91. The molecule has 5 nitrogen and oxygen atoms in total. The predicted octanol–water partition coefficient (Wildman–Crippen LogP) is 1.16. The van der Waals surface area contributed by atoms with E-state index >= 15 is 0 Å². The summed E-state index contributed by atoms with van der Waals surface area (Å²) in [5.74, 6) is -1.29. The smallest absolute Gasteiger partial charge is 0.307 e. The number of Topliss-reactive ketones (excluding diaryl/α,β-unsaturated/α-hetero) is 1. The van der Waals surface area contributed by atoms with Crippen molar-refractivity contribution in [2.24, 2.45) is 5.41 Å². The Morgan fingerprint density at radius 3 is 2.50 bits per heavy atom. The topological polar surface area (TPSA) is 94.8 Å². The Hall–Kier alpha value is -1.72. The second-order valence-electron chi connectivity index (χ2n) is 5.64. The molecule has 0 aliphatic heterocycles. The van der Waals surface area contributed by atoms with Gasteiger partial charge in [0.05, 0.1) is 24.5 Å². The van der Waals surface area contributed by atoms with E-state index in [9.17, 15) is 19.8 Å². The van der Waals surface area contributed by atoms with Gasteiger partial charge < -0.3 is 15.3 Å². The summed E-state index contributed by atoms with van der Waals surface area (Å²) < 4.78 is 0. The molecule has 1 aliphatic rings. The maximum Gasteiger partial charge on any atom is 0.307 e. The number of rotatable bonds is 3. The van der Waals surface area contributed by atoms with Gasteiger partial charge in [-0.05, 0) is 43.0 Å². The summed E-state index contributed by atoms with van der Waals surface area (Å²) in [6.45, 7) is 4.52. The number of ketones is 1. The molecule has 0 spiro atoms. The molecule has 1 aromatic rings. The molecule has 0 saturated heterocycles. The Bertz CT molecular complexity index is 605. The van der Waals surface area contributed by atoms with Crippen LogP contribution < -0.4 is 0 Å². The number of hydrogen-bond acceptors (Lipinski definition) is 4. The first-order chi connectivity index (χ1) is 9.24. The van der Waals surface area contributed by atoms with E-state index in [4.69, 9.17) is 5.11 Å². The fraction of sp³-hybridized carbons (Fsp3) is 0.467. The second-order valence-corrected chi connectivity index (χ2v) is 5.64. The number of carbonyl (C=O) groups excluding carboxylic acids is 1. The number of carboxylic acid groups (broad SMARTS) is 1. The monoisotopic (exact) mass is 278 g/mol. The summed E-state index contributed by atoms with van der Waals surface area (Å²) in [4.78, 5) is 23.4. The third-order valence-electron chi connectivity index (χ3n) is 4.26. The summed E-state index contributed by atoms with van der Waals surface area (Å²) in [6, 6.07) is 1.66. The molecular formula is C15H18O5. The Balaban J connectivity index is 2.68. The lowest BCUT2D eigenvalue weighted by Crippen LogP contribution is -2.32. The van der Waals surface area contributed by atoms with E-state index in [2.05, 4.69) is 0 Å². The van der Waals surface area contributed by atoms with Crippen molar-refractivity contribution in [1.82, 2.24) is 0 Å².